The predicted molar refractivity (Wildman–Crippen MR) is 218 cm³/mol. The zero-order chi connectivity index (χ0) is 39.1. The lowest BCUT2D eigenvalue weighted by Gasteiger charge is -2.17. The van der Waals surface area contributed by atoms with Crippen molar-refractivity contribution >= 4 is 28.0 Å². The van der Waals surface area contributed by atoms with Crippen LogP contribution < -0.4 is 5.32 Å². The Kier molecular flexibility index (Phi) is 36.5. The Morgan fingerprint density at radius 3 is 1.30 bits per heavy atom. The average Bonchev–Trinajstić information content (AvgIpc) is 3.11. The fourth-order valence-corrected chi connectivity index (χ4v) is 6.56. The second kappa shape index (κ2) is 38.1. The molecule has 0 radical (unpaired) electrons. The molecule has 0 heterocycles. The summed E-state index contributed by atoms with van der Waals surface area (Å²) in [6.45, 7) is 4.95. The Bertz CT molecular complexity index is 1040. The van der Waals surface area contributed by atoms with Gasteiger partial charge in [0.25, 0.3) is 10.1 Å². The third kappa shape index (κ3) is 39.3. The minimum absolute atomic E-state index is 0.0876. The van der Waals surface area contributed by atoms with Crippen molar-refractivity contribution in [2.45, 2.75) is 213 Å². The van der Waals surface area contributed by atoms with Crippen molar-refractivity contribution < 1.29 is 36.8 Å². The molecule has 0 rings (SSSR count). The Morgan fingerprint density at radius 2 is 0.906 bits per heavy atom. The van der Waals surface area contributed by atoms with E-state index >= 15 is 0 Å². The number of ether oxygens (including phenoxy) is 2. The van der Waals surface area contributed by atoms with E-state index in [9.17, 15) is 22.8 Å². The summed E-state index contributed by atoms with van der Waals surface area (Å²) in [5.41, 5.74) is 0. The number of nitrogens with one attached hydrogen (secondary N) is 1. The molecule has 310 valence electrons. The van der Waals surface area contributed by atoms with Gasteiger partial charge in [0.15, 0.2) is 5.75 Å². The molecular formula is C43H79NO8S. The zero-order valence-corrected chi connectivity index (χ0v) is 34.8. The number of hydrogen-bond acceptors (Lipinski definition) is 7. The molecule has 0 saturated carbocycles. The Labute approximate surface area is 325 Å². The first-order chi connectivity index (χ1) is 25.7. The molecule has 53 heavy (non-hydrogen) atoms. The third-order valence-corrected chi connectivity index (χ3v) is 10.0. The normalized spacial score (nSPS) is 12.4. The van der Waals surface area contributed by atoms with E-state index < -0.39 is 39.8 Å². The summed E-state index contributed by atoms with van der Waals surface area (Å²) >= 11 is 0. The van der Waals surface area contributed by atoms with E-state index in [0.717, 1.165) is 64.2 Å². The van der Waals surface area contributed by atoms with Crippen LogP contribution in [0.2, 0.25) is 0 Å². The molecule has 0 aromatic heterocycles. The molecule has 0 aliphatic carbocycles. The fraction of sp³-hybridized carbons (Fsp3) is 0.837. The summed E-state index contributed by atoms with van der Waals surface area (Å²) in [5, 5.41) is 2.29. The van der Waals surface area contributed by atoms with Gasteiger partial charge in [-0.25, -0.2) is 4.79 Å². The molecule has 0 fully saturated rings. The van der Waals surface area contributed by atoms with Gasteiger partial charge in [-0.1, -0.05) is 154 Å². The van der Waals surface area contributed by atoms with Crippen LogP contribution in [0.25, 0.3) is 0 Å². The van der Waals surface area contributed by atoms with Crippen LogP contribution in [0, 0.1) is 0 Å². The molecule has 2 N–H and O–H groups in total. The van der Waals surface area contributed by atoms with Crippen LogP contribution in [0.4, 0.5) is 0 Å². The quantitative estimate of drug-likeness (QED) is 0.0273. The van der Waals surface area contributed by atoms with E-state index in [1.54, 1.807) is 0 Å². The molecule has 0 aromatic rings. The maximum atomic E-state index is 12.7. The number of rotatable bonds is 39. The van der Waals surface area contributed by atoms with E-state index in [-0.39, 0.29) is 19.4 Å². The number of carbonyl (C=O) groups is 3. The van der Waals surface area contributed by atoms with E-state index in [1.807, 2.05) is 0 Å². The van der Waals surface area contributed by atoms with Crippen molar-refractivity contribution in [3.63, 3.8) is 0 Å². The first-order valence-corrected chi connectivity index (χ1v) is 23.2. The highest BCUT2D eigenvalue weighted by Gasteiger charge is 2.25. The molecule has 0 saturated heterocycles. The third-order valence-electron chi connectivity index (χ3n) is 9.39. The molecule has 0 aliphatic rings. The van der Waals surface area contributed by atoms with Crippen LogP contribution in [0.1, 0.15) is 206 Å². The Morgan fingerprint density at radius 1 is 0.547 bits per heavy atom. The predicted octanol–water partition coefficient (Wildman–Crippen LogP) is 11.3. The standard InChI is InChI=1S/C43H79NO8S/c1-3-5-7-9-11-13-15-17-19-21-23-25-27-29-31-33-37-51-42(46)36-35-40(44-41(45)39-53(48,49)50)43(47)52-38-34-32-30-28-26-24-22-20-18-16-14-12-10-8-6-4-2/h17-20,40H,3-16,21-39H2,1-2H3,(H,44,45)(H,48,49,50)/b19-17+,20-18+. The van der Waals surface area contributed by atoms with Crippen LogP contribution in [-0.2, 0) is 34.0 Å². The summed E-state index contributed by atoms with van der Waals surface area (Å²) < 4.78 is 42.0. The molecule has 0 aliphatic heterocycles. The first kappa shape index (κ1) is 50.8. The second-order valence-electron chi connectivity index (χ2n) is 14.6. The van der Waals surface area contributed by atoms with Crippen molar-refractivity contribution in [1.82, 2.24) is 5.32 Å². The summed E-state index contributed by atoms with van der Waals surface area (Å²) in [7, 11) is -4.57. The van der Waals surface area contributed by atoms with Gasteiger partial charge in [0.1, 0.15) is 6.04 Å². The smallest absolute Gasteiger partial charge is 0.328 e. The summed E-state index contributed by atoms with van der Waals surface area (Å²) in [6, 6.07) is -1.21. The molecular weight excluding hydrogens is 691 g/mol. The van der Waals surface area contributed by atoms with Gasteiger partial charge in [-0.15, -0.1) is 0 Å². The molecule has 1 unspecified atom stereocenters. The minimum Gasteiger partial charge on any atom is -0.466 e. The highest BCUT2D eigenvalue weighted by molar-refractivity contribution is 7.86. The van der Waals surface area contributed by atoms with Gasteiger partial charge in [0.05, 0.1) is 13.2 Å². The lowest BCUT2D eigenvalue weighted by Crippen LogP contribution is -2.44. The highest BCUT2D eigenvalue weighted by Crippen LogP contribution is 2.13. The molecule has 0 aromatic carbocycles. The van der Waals surface area contributed by atoms with Crippen LogP contribution in [0.3, 0.4) is 0 Å². The number of allylic oxidation sites excluding steroid dienone is 4. The van der Waals surface area contributed by atoms with E-state index in [0.29, 0.717) is 13.0 Å². The maximum absolute atomic E-state index is 12.7. The average molecular weight is 770 g/mol. The van der Waals surface area contributed by atoms with Gasteiger partial charge < -0.3 is 14.8 Å². The number of unbranched alkanes of at least 4 members (excludes halogenated alkanes) is 24. The van der Waals surface area contributed by atoms with Crippen molar-refractivity contribution in [3.05, 3.63) is 24.3 Å². The second-order valence-corrected chi connectivity index (χ2v) is 16.1. The molecule has 0 bridgehead atoms. The van der Waals surface area contributed by atoms with Gasteiger partial charge in [0, 0.05) is 6.42 Å². The van der Waals surface area contributed by atoms with Crippen LogP contribution >= 0.6 is 0 Å². The molecule has 1 atom stereocenters. The van der Waals surface area contributed by atoms with Crippen molar-refractivity contribution in [2.75, 3.05) is 19.0 Å². The molecule has 0 spiro atoms. The summed E-state index contributed by atoms with van der Waals surface area (Å²) in [4.78, 5) is 37.2. The lowest BCUT2D eigenvalue weighted by molar-refractivity contribution is -0.149. The first-order valence-electron chi connectivity index (χ1n) is 21.6. The lowest BCUT2D eigenvalue weighted by atomic mass is 10.1. The van der Waals surface area contributed by atoms with Crippen molar-refractivity contribution in [3.8, 4) is 0 Å². The van der Waals surface area contributed by atoms with Crippen LogP contribution in [-0.4, -0.2) is 55.8 Å². The van der Waals surface area contributed by atoms with Gasteiger partial charge in [-0.3, -0.25) is 14.1 Å². The van der Waals surface area contributed by atoms with Gasteiger partial charge in [-0.2, -0.15) is 8.42 Å². The number of hydrogen-bond donors (Lipinski definition) is 2. The number of amides is 1. The highest BCUT2D eigenvalue weighted by atomic mass is 32.2. The SMILES string of the molecule is CCCCCCCC/C=C/CCCCCCCCOC(=O)CCC(NC(=O)CS(=O)(=O)O)C(=O)OCCCCCCCC/C=C/CCCCCCCC. The molecule has 1 amide bonds. The van der Waals surface area contributed by atoms with Crippen LogP contribution in [0.15, 0.2) is 24.3 Å². The maximum Gasteiger partial charge on any atom is 0.328 e. The van der Waals surface area contributed by atoms with E-state index in [4.69, 9.17) is 14.0 Å². The number of esters is 2. The largest absolute Gasteiger partial charge is 0.466 e. The van der Waals surface area contributed by atoms with Gasteiger partial charge in [-0.05, 0) is 70.6 Å². The van der Waals surface area contributed by atoms with Crippen molar-refractivity contribution in [1.29, 1.82) is 0 Å². The van der Waals surface area contributed by atoms with Crippen molar-refractivity contribution in [2.24, 2.45) is 0 Å². The Hall–Kier alpha value is -2.20. The minimum atomic E-state index is -4.57. The molecule has 10 heteroatoms. The zero-order valence-electron chi connectivity index (χ0n) is 33.9. The van der Waals surface area contributed by atoms with Gasteiger partial charge in [0.2, 0.25) is 5.91 Å². The topological polar surface area (TPSA) is 136 Å². The summed E-state index contributed by atoms with van der Waals surface area (Å²) in [5.74, 6) is -3.44. The molecule has 9 nitrogen and oxygen atoms in total. The van der Waals surface area contributed by atoms with E-state index in [1.165, 1.54) is 109 Å². The van der Waals surface area contributed by atoms with Gasteiger partial charge >= 0.3 is 11.9 Å². The Balaban J connectivity index is 4.10. The number of carbonyl (C=O) groups excluding carboxylic acids is 3. The monoisotopic (exact) mass is 770 g/mol. The summed E-state index contributed by atoms with van der Waals surface area (Å²) in [6.07, 6.45) is 42.1. The van der Waals surface area contributed by atoms with E-state index in [2.05, 4.69) is 43.5 Å². The van der Waals surface area contributed by atoms with Crippen LogP contribution in [0.5, 0.6) is 0 Å². The fourth-order valence-electron chi connectivity index (χ4n) is 6.14.